The number of epoxide rings is 1. The molecule has 0 aromatic rings. The summed E-state index contributed by atoms with van der Waals surface area (Å²) < 4.78 is 29.6. The molecule has 13 heteroatoms. The Morgan fingerprint density at radius 3 is 2.04 bits per heavy atom. The molecule has 0 amide bonds. The number of aliphatic hydroxyl groups excluding tert-OH is 2. The molecule has 2 aliphatic heterocycles. The Morgan fingerprint density at radius 2 is 1.45 bits per heavy atom. The fraction of sp³-hybridized carbons (Fsp3) is 0.794. The molecule has 0 radical (unpaired) electrons. The number of rotatable bonds is 3. The summed E-state index contributed by atoms with van der Waals surface area (Å²) in [6, 6.07) is 0. The van der Waals surface area contributed by atoms with Gasteiger partial charge in [-0.15, -0.1) is 0 Å². The van der Waals surface area contributed by atoms with E-state index in [-0.39, 0.29) is 18.3 Å². The molecule has 2 heterocycles. The molecule has 18 atom stereocenters. The molecule has 13 nitrogen and oxygen atoms in total. The molecule has 0 bridgehead atoms. The van der Waals surface area contributed by atoms with E-state index in [1.165, 1.54) is 27.7 Å². The minimum atomic E-state index is -2.07. The third kappa shape index (κ3) is 3.82. The monoisotopic (exact) mass is 660 g/mol. The van der Waals surface area contributed by atoms with E-state index >= 15 is 0 Å². The minimum absolute atomic E-state index is 0.216. The van der Waals surface area contributed by atoms with Gasteiger partial charge in [-0.05, 0) is 38.2 Å². The summed E-state index contributed by atoms with van der Waals surface area (Å²) >= 11 is 0. The van der Waals surface area contributed by atoms with Crippen molar-refractivity contribution in [1.29, 1.82) is 0 Å². The van der Waals surface area contributed by atoms with Gasteiger partial charge in [-0.2, -0.15) is 0 Å². The highest BCUT2D eigenvalue weighted by Crippen LogP contribution is 2.75. The van der Waals surface area contributed by atoms with Crippen LogP contribution in [-0.2, 0) is 47.7 Å². The Labute approximate surface area is 272 Å². The molecular weight excluding hydrogens is 616 g/mol. The van der Waals surface area contributed by atoms with Gasteiger partial charge in [0.15, 0.2) is 11.4 Å². The zero-order valence-electron chi connectivity index (χ0n) is 27.8. The number of allylic oxidation sites excluding steroid dienone is 1. The van der Waals surface area contributed by atoms with Gasteiger partial charge in [0, 0.05) is 61.2 Å². The van der Waals surface area contributed by atoms with Crippen molar-refractivity contribution < 1.29 is 63.0 Å². The van der Waals surface area contributed by atoms with Crippen LogP contribution in [0.25, 0.3) is 0 Å². The zero-order valence-corrected chi connectivity index (χ0v) is 27.8. The summed E-state index contributed by atoms with van der Waals surface area (Å²) in [4.78, 5) is 65.8. The number of hydrogen-bond donors (Lipinski definition) is 3. The summed E-state index contributed by atoms with van der Waals surface area (Å²) in [7, 11) is 0. The lowest BCUT2D eigenvalue weighted by molar-refractivity contribution is -0.268. The molecule has 3 N–H and O–H groups in total. The van der Waals surface area contributed by atoms with E-state index < -0.39 is 130 Å². The van der Waals surface area contributed by atoms with Crippen LogP contribution in [-0.4, -0.2) is 93.3 Å². The number of esters is 4. The lowest BCUT2D eigenvalue weighted by Gasteiger charge is -2.64. The molecule has 0 spiro atoms. The minimum Gasteiger partial charge on any atom is -0.462 e. The van der Waals surface area contributed by atoms with Gasteiger partial charge >= 0.3 is 23.9 Å². The fourth-order valence-electron chi connectivity index (χ4n) is 11.9. The average Bonchev–Trinajstić information content (AvgIpc) is 3.65. The van der Waals surface area contributed by atoms with E-state index in [1.807, 2.05) is 6.92 Å². The molecular formula is C34H44O13. The van der Waals surface area contributed by atoms with Crippen molar-refractivity contribution in [3.8, 4) is 0 Å². The number of carbonyl (C=O) groups excluding carboxylic acids is 5. The Bertz CT molecular complexity index is 1500. The van der Waals surface area contributed by atoms with Crippen LogP contribution in [0.4, 0.5) is 0 Å². The predicted molar refractivity (Wildman–Crippen MR) is 156 cm³/mol. The highest BCUT2D eigenvalue weighted by molar-refractivity contribution is 5.88. The number of ketones is 1. The van der Waals surface area contributed by atoms with Crippen LogP contribution in [0.3, 0.4) is 0 Å². The maximum absolute atomic E-state index is 14.3. The van der Waals surface area contributed by atoms with Gasteiger partial charge in [0.25, 0.3) is 0 Å². The largest absolute Gasteiger partial charge is 0.462 e. The molecule has 258 valence electrons. The maximum atomic E-state index is 14.3. The topological polar surface area (TPSA) is 195 Å². The smallest absolute Gasteiger partial charge is 0.343 e. The molecule has 9 unspecified atom stereocenters. The lowest BCUT2D eigenvalue weighted by Crippen LogP contribution is -2.74. The zero-order chi connectivity index (χ0) is 34.5. The molecule has 0 aromatic carbocycles. The third-order valence-corrected chi connectivity index (χ3v) is 13.8. The highest BCUT2D eigenvalue weighted by Gasteiger charge is 2.83. The van der Waals surface area contributed by atoms with E-state index in [9.17, 15) is 39.3 Å². The Morgan fingerprint density at radius 1 is 0.851 bits per heavy atom. The lowest BCUT2D eigenvalue weighted by atomic mass is 9.41. The molecule has 5 aliphatic carbocycles. The summed E-state index contributed by atoms with van der Waals surface area (Å²) in [5.41, 5.74) is -6.08. The highest BCUT2D eigenvalue weighted by atomic mass is 16.6. The van der Waals surface area contributed by atoms with Crippen LogP contribution in [0.15, 0.2) is 11.8 Å². The number of carbonyl (C=O) groups is 5. The van der Waals surface area contributed by atoms with E-state index in [1.54, 1.807) is 26.8 Å². The van der Waals surface area contributed by atoms with Gasteiger partial charge in [-0.1, -0.05) is 20.8 Å². The summed E-state index contributed by atoms with van der Waals surface area (Å²) in [5, 5.41) is 36.5. The van der Waals surface area contributed by atoms with Gasteiger partial charge < -0.3 is 39.0 Å². The number of Topliss-reactive ketones (excluding diaryl/α,β-unsaturated/α-hetero) is 1. The quantitative estimate of drug-likeness (QED) is 0.219. The average molecular weight is 661 g/mol. The molecule has 7 rings (SSSR count). The molecule has 0 aromatic heterocycles. The maximum Gasteiger partial charge on any atom is 0.343 e. The van der Waals surface area contributed by atoms with Crippen molar-refractivity contribution in [2.24, 2.45) is 57.7 Å². The fourth-order valence-corrected chi connectivity index (χ4v) is 11.9. The van der Waals surface area contributed by atoms with Crippen LogP contribution in [0, 0.1) is 57.7 Å². The normalized spacial score (nSPS) is 55.1. The summed E-state index contributed by atoms with van der Waals surface area (Å²) in [5.74, 6) is -8.91. The first-order chi connectivity index (χ1) is 21.7. The van der Waals surface area contributed by atoms with Crippen molar-refractivity contribution >= 4 is 29.7 Å². The standard InChI is InChI=1S/C34H44O13/c1-11-9-17-33(7,34(8,42)30(41)47-17)22-19(11)32(6)21(27(22)43-12(2)35)18-20(25(40)28(32)44-13(3)36)31(5)15(23(38)24(18)39)10-16-26(46-16)29(31)45-14(4)37/h9,11,15-16,18-22,24-29,39-40,42H,10H2,1-8H3/t11-,15?,16+,18?,19?,20?,21?,22?,24?,25-,26+,27-,28+,29+,31+,32?,33?,34-/m1/s1. The number of hydrogen-bond acceptors (Lipinski definition) is 13. The summed E-state index contributed by atoms with van der Waals surface area (Å²) in [6.07, 6.45) is -5.38. The van der Waals surface area contributed by atoms with E-state index in [2.05, 4.69) is 0 Å². The van der Waals surface area contributed by atoms with Crippen LogP contribution in [0.5, 0.6) is 0 Å². The van der Waals surface area contributed by atoms with Crippen LogP contribution in [0.2, 0.25) is 0 Å². The molecule has 7 aliphatic rings. The van der Waals surface area contributed by atoms with Gasteiger partial charge in [0.05, 0.1) is 17.6 Å². The van der Waals surface area contributed by atoms with Crippen molar-refractivity contribution in [3.05, 3.63) is 11.8 Å². The van der Waals surface area contributed by atoms with Crippen LogP contribution >= 0.6 is 0 Å². The van der Waals surface area contributed by atoms with Crippen LogP contribution in [0.1, 0.15) is 61.8 Å². The van der Waals surface area contributed by atoms with E-state index in [0.717, 1.165) is 0 Å². The number of ether oxygens (including phenoxy) is 5. The Balaban J connectivity index is 1.49. The number of fused-ring (bicyclic) bond motifs is 10. The first-order valence-electron chi connectivity index (χ1n) is 16.5. The first-order valence-corrected chi connectivity index (χ1v) is 16.5. The Hall–Kier alpha value is -2.87. The van der Waals surface area contributed by atoms with Gasteiger partial charge in [0.1, 0.15) is 36.3 Å². The Kier molecular flexibility index (Phi) is 6.85. The molecule has 2 saturated heterocycles. The van der Waals surface area contributed by atoms with Crippen molar-refractivity contribution in [1.82, 2.24) is 0 Å². The first kappa shape index (κ1) is 32.7. The third-order valence-electron chi connectivity index (χ3n) is 13.8. The van der Waals surface area contributed by atoms with E-state index in [0.29, 0.717) is 0 Å². The number of aliphatic hydroxyl groups is 3. The van der Waals surface area contributed by atoms with E-state index in [4.69, 9.17) is 23.7 Å². The second kappa shape index (κ2) is 9.86. The van der Waals surface area contributed by atoms with Crippen molar-refractivity contribution in [2.75, 3.05) is 0 Å². The van der Waals surface area contributed by atoms with Crippen molar-refractivity contribution in [2.45, 2.75) is 110 Å². The second-order valence-electron chi connectivity index (χ2n) is 15.9. The van der Waals surface area contributed by atoms with Crippen molar-refractivity contribution in [3.63, 3.8) is 0 Å². The molecule has 6 fully saturated rings. The predicted octanol–water partition coefficient (Wildman–Crippen LogP) is 0.842. The summed E-state index contributed by atoms with van der Waals surface area (Å²) in [6.45, 7) is 12.1. The molecule has 4 saturated carbocycles. The molecule has 47 heavy (non-hydrogen) atoms. The van der Waals surface area contributed by atoms with Gasteiger partial charge in [0.2, 0.25) is 0 Å². The van der Waals surface area contributed by atoms with Gasteiger partial charge in [-0.25, -0.2) is 4.79 Å². The van der Waals surface area contributed by atoms with Crippen LogP contribution < -0.4 is 0 Å². The SMILES string of the molecule is CC(=O)O[C@@H]1C2C3C(O)C(=O)C4C[C@@H]5O[C@@H]5[C@H](OC(C)=O)[C@]4(C)C3[C@@H](O)[C@H](OC(C)=O)C2(C)C2C1C1(C)C(=C[C@H]2C)OC(=O)[C@@]1(C)O. The second-order valence-corrected chi connectivity index (χ2v) is 15.9. The van der Waals surface area contributed by atoms with Gasteiger partial charge in [-0.3, -0.25) is 19.2 Å².